The number of ether oxygens (including phenoxy) is 1. The summed E-state index contributed by atoms with van der Waals surface area (Å²) in [5.74, 6) is -0.547. The number of alkyl halides is 3. The highest BCUT2D eigenvalue weighted by molar-refractivity contribution is 6.66. The van der Waals surface area contributed by atoms with E-state index in [1.165, 1.54) is 0 Å². The number of carbonyl (C=O) groups excluding carboxylic acids is 2. The van der Waals surface area contributed by atoms with Gasteiger partial charge in [-0.2, -0.15) is 0 Å². The zero-order valence-electron chi connectivity index (χ0n) is 6.35. The van der Waals surface area contributed by atoms with Crippen LogP contribution in [-0.4, -0.2) is 22.5 Å². The predicted octanol–water partition coefficient (Wildman–Crippen LogP) is 0.916. The summed E-state index contributed by atoms with van der Waals surface area (Å²) in [5, 5.41) is 2.16. The highest BCUT2D eigenvalue weighted by Crippen LogP contribution is 2.27. The number of rotatable bonds is 3. The maximum Gasteiger partial charge on any atom is 0.410 e. The molecule has 0 heterocycles. The van der Waals surface area contributed by atoms with Gasteiger partial charge in [0.2, 0.25) is 5.91 Å². The smallest absolute Gasteiger partial charge is 0.398 e. The van der Waals surface area contributed by atoms with Crippen LogP contribution in [0.4, 0.5) is 4.79 Å². The first kappa shape index (κ1) is 12.6. The fourth-order valence-corrected chi connectivity index (χ4v) is 0.639. The minimum absolute atomic E-state index is 0.00500. The number of carbonyl (C=O) groups is 2. The lowest BCUT2D eigenvalue weighted by Gasteiger charge is -2.11. The molecular weight excluding hydrogens is 242 g/mol. The molecule has 0 saturated heterocycles. The van der Waals surface area contributed by atoms with Gasteiger partial charge in [-0.15, -0.1) is 0 Å². The first-order chi connectivity index (χ1) is 5.81. The van der Waals surface area contributed by atoms with Crippen molar-refractivity contribution in [3.63, 3.8) is 0 Å². The van der Waals surface area contributed by atoms with E-state index in [2.05, 4.69) is 10.1 Å². The molecule has 0 spiro atoms. The van der Waals surface area contributed by atoms with Crippen LogP contribution in [0.2, 0.25) is 0 Å². The van der Waals surface area contributed by atoms with E-state index in [9.17, 15) is 9.59 Å². The van der Waals surface area contributed by atoms with E-state index in [1.54, 1.807) is 0 Å². The Balaban J connectivity index is 3.59. The minimum atomic E-state index is -2.10. The van der Waals surface area contributed by atoms with Gasteiger partial charge in [-0.3, -0.25) is 4.79 Å². The minimum Gasteiger partial charge on any atom is -0.398 e. The molecule has 0 aromatic rings. The van der Waals surface area contributed by atoms with Gasteiger partial charge in [-0.05, 0) is 34.8 Å². The first-order valence-corrected chi connectivity index (χ1v) is 4.26. The SMILES string of the molecule is NC(=O)CCNC(=O)OC(Cl)(Cl)Cl. The van der Waals surface area contributed by atoms with Crippen LogP contribution in [0.1, 0.15) is 6.42 Å². The summed E-state index contributed by atoms with van der Waals surface area (Å²) in [6, 6.07) is 0. The van der Waals surface area contributed by atoms with Crippen molar-refractivity contribution in [3.8, 4) is 0 Å². The number of nitrogens with one attached hydrogen (secondary N) is 1. The molecule has 2 amide bonds. The number of alkyl carbamates (subject to hydrolysis) is 1. The third-order valence-electron chi connectivity index (χ3n) is 0.849. The summed E-state index contributed by atoms with van der Waals surface area (Å²) >= 11 is 15.4. The predicted molar refractivity (Wildman–Crippen MR) is 48.6 cm³/mol. The van der Waals surface area contributed by atoms with E-state index in [4.69, 9.17) is 40.5 Å². The fraction of sp³-hybridized carbons (Fsp3) is 0.600. The molecule has 0 aromatic heterocycles. The van der Waals surface area contributed by atoms with E-state index < -0.39 is 16.0 Å². The molecule has 8 heteroatoms. The molecule has 0 saturated carbocycles. The summed E-state index contributed by atoms with van der Waals surface area (Å²) in [6.45, 7) is 0.0366. The lowest BCUT2D eigenvalue weighted by molar-refractivity contribution is -0.117. The average molecular weight is 249 g/mol. The second-order valence-electron chi connectivity index (χ2n) is 1.98. The Morgan fingerprint density at radius 2 is 1.92 bits per heavy atom. The van der Waals surface area contributed by atoms with Crippen molar-refractivity contribution in [2.24, 2.45) is 5.73 Å². The van der Waals surface area contributed by atoms with Gasteiger partial charge in [0.25, 0.3) is 0 Å². The van der Waals surface area contributed by atoms with Crippen LogP contribution in [0, 0.1) is 0 Å². The Kier molecular flexibility index (Phi) is 5.20. The molecule has 0 aliphatic carbocycles. The molecule has 13 heavy (non-hydrogen) atoms. The molecule has 76 valence electrons. The van der Waals surface area contributed by atoms with Crippen LogP contribution in [0.25, 0.3) is 0 Å². The summed E-state index contributed by atoms with van der Waals surface area (Å²) < 4.78 is 2.11. The van der Waals surface area contributed by atoms with Gasteiger partial charge in [0.15, 0.2) is 0 Å². The zero-order valence-corrected chi connectivity index (χ0v) is 8.62. The maximum atomic E-state index is 10.7. The number of hydrogen-bond donors (Lipinski definition) is 2. The van der Waals surface area contributed by atoms with Gasteiger partial charge in [0, 0.05) is 13.0 Å². The normalized spacial score (nSPS) is 10.7. The molecule has 0 bridgehead atoms. The molecule has 0 aliphatic heterocycles. The molecular formula is C5H7Cl3N2O3. The van der Waals surface area contributed by atoms with Gasteiger partial charge >= 0.3 is 10.1 Å². The largest absolute Gasteiger partial charge is 0.410 e. The molecule has 0 atom stereocenters. The fourth-order valence-electron chi connectivity index (χ4n) is 0.429. The highest BCUT2D eigenvalue weighted by atomic mass is 35.6. The second-order valence-corrected chi connectivity index (χ2v) is 4.16. The first-order valence-electron chi connectivity index (χ1n) is 3.13. The zero-order chi connectivity index (χ0) is 10.5. The second kappa shape index (κ2) is 5.36. The van der Waals surface area contributed by atoms with Crippen molar-refractivity contribution in [1.82, 2.24) is 5.32 Å². The molecule has 0 aromatic carbocycles. The quantitative estimate of drug-likeness (QED) is 0.730. The number of amides is 2. The van der Waals surface area contributed by atoms with Crippen molar-refractivity contribution in [2.45, 2.75) is 10.4 Å². The number of halogens is 3. The van der Waals surface area contributed by atoms with Crippen molar-refractivity contribution < 1.29 is 14.3 Å². The molecule has 0 aliphatic rings. The lowest BCUT2D eigenvalue weighted by atomic mass is 10.4. The van der Waals surface area contributed by atoms with Crippen LogP contribution in [0.3, 0.4) is 0 Å². The van der Waals surface area contributed by atoms with Gasteiger partial charge in [0.05, 0.1) is 0 Å². The molecule has 5 nitrogen and oxygen atoms in total. The van der Waals surface area contributed by atoms with E-state index in [0.717, 1.165) is 0 Å². The van der Waals surface area contributed by atoms with Crippen LogP contribution >= 0.6 is 34.8 Å². The van der Waals surface area contributed by atoms with Gasteiger partial charge in [-0.1, -0.05) is 0 Å². The van der Waals surface area contributed by atoms with Crippen molar-refractivity contribution in [2.75, 3.05) is 6.54 Å². The van der Waals surface area contributed by atoms with E-state index in [0.29, 0.717) is 0 Å². The van der Waals surface area contributed by atoms with Gasteiger partial charge in [-0.25, -0.2) is 4.79 Å². The number of primary amides is 1. The third kappa shape index (κ3) is 9.52. The van der Waals surface area contributed by atoms with Crippen LogP contribution < -0.4 is 11.1 Å². The Morgan fingerprint density at radius 1 is 1.38 bits per heavy atom. The van der Waals surface area contributed by atoms with E-state index in [-0.39, 0.29) is 13.0 Å². The molecule has 0 unspecified atom stereocenters. The maximum absolute atomic E-state index is 10.7. The van der Waals surface area contributed by atoms with Crippen LogP contribution in [0.15, 0.2) is 0 Å². The molecule has 0 rings (SSSR count). The standard InChI is InChI=1S/C5H7Cl3N2O3/c6-5(7,8)13-4(12)10-2-1-3(9)11/h1-2H2,(H2,9,11)(H,10,12). The van der Waals surface area contributed by atoms with Crippen molar-refractivity contribution >= 4 is 46.8 Å². The summed E-state index contributed by atoms with van der Waals surface area (Å²) in [5.41, 5.74) is 4.80. The van der Waals surface area contributed by atoms with Crippen LogP contribution in [-0.2, 0) is 9.53 Å². The Hall–Kier alpha value is -0.390. The summed E-state index contributed by atoms with van der Waals surface area (Å²) in [7, 11) is 0. The van der Waals surface area contributed by atoms with Gasteiger partial charge < -0.3 is 15.8 Å². The van der Waals surface area contributed by atoms with Crippen molar-refractivity contribution in [3.05, 3.63) is 0 Å². The number of hydrogen-bond acceptors (Lipinski definition) is 3. The number of nitrogens with two attached hydrogens (primary N) is 1. The summed E-state index contributed by atoms with van der Waals surface area (Å²) in [4.78, 5) is 20.9. The molecule has 0 radical (unpaired) electrons. The third-order valence-corrected chi connectivity index (χ3v) is 1.08. The summed E-state index contributed by atoms with van der Waals surface area (Å²) in [6.07, 6.45) is -0.934. The molecule has 3 N–H and O–H groups in total. The highest BCUT2D eigenvalue weighted by Gasteiger charge is 2.24. The topological polar surface area (TPSA) is 81.4 Å². The van der Waals surface area contributed by atoms with E-state index in [1.807, 2.05) is 0 Å². The van der Waals surface area contributed by atoms with E-state index >= 15 is 0 Å². The lowest BCUT2D eigenvalue weighted by Crippen LogP contribution is -2.31. The Bertz CT molecular complexity index is 204. The monoisotopic (exact) mass is 248 g/mol. The Labute approximate surface area is 89.4 Å². The van der Waals surface area contributed by atoms with Gasteiger partial charge in [0.1, 0.15) is 0 Å². The van der Waals surface area contributed by atoms with Crippen LogP contribution in [0.5, 0.6) is 0 Å². The Morgan fingerprint density at radius 3 is 2.31 bits per heavy atom. The average Bonchev–Trinajstić information content (AvgIpc) is 1.81. The molecule has 0 fully saturated rings. The van der Waals surface area contributed by atoms with Crippen molar-refractivity contribution in [1.29, 1.82) is 0 Å².